The van der Waals surface area contributed by atoms with E-state index in [1.807, 2.05) is 0 Å². The van der Waals surface area contributed by atoms with Gasteiger partial charge in [0.05, 0.1) is 20.6 Å². The van der Waals surface area contributed by atoms with Crippen LogP contribution in [0, 0.1) is 5.92 Å². The Kier molecular flexibility index (Phi) is 4.09. The normalized spacial score (nSPS) is 20.8. The highest BCUT2D eigenvalue weighted by Crippen LogP contribution is 2.45. The van der Waals surface area contributed by atoms with Crippen molar-refractivity contribution >= 4 is 0 Å². The third kappa shape index (κ3) is 2.61. The summed E-state index contributed by atoms with van der Waals surface area (Å²) in [6.07, 6.45) is 1.12. The van der Waals surface area contributed by atoms with Crippen LogP contribution in [0.3, 0.4) is 0 Å². The van der Waals surface area contributed by atoms with Gasteiger partial charge in [-0.05, 0) is 17.5 Å². The van der Waals surface area contributed by atoms with E-state index in [0.29, 0.717) is 5.92 Å². The third-order valence-electron chi connectivity index (χ3n) is 4.43. The molecule has 1 heterocycles. The quantitative estimate of drug-likeness (QED) is 0.907. The zero-order chi connectivity index (χ0) is 14.7. The average Bonchev–Trinajstić information content (AvgIpc) is 2.93. The number of quaternary nitrogens is 1. The van der Waals surface area contributed by atoms with Crippen LogP contribution < -0.4 is 4.90 Å². The van der Waals surface area contributed by atoms with Gasteiger partial charge in [-0.2, -0.15) is 0 Å². The van der Waals surface area contributed by atoms with Crippen molar-refractivity contribution in [1.29, 1.82) is 0 Å². The molecule has 1 atom stereocenters. The largest absolute Gasteiger partial charge is 0.365 e. The van der Waals surface area contributed by atoms with Crippen LogP contribution >= 0.6 is 0 Å². The maximum absolute atomic E-state index is 6.41. The molecule has 1 saturated heterocycles. The number of ether oxygens (including phenoxy) is 1. The van der Waals surface area contributed by atoms with Crippen molar-refractivity contribution < 1.29 is 9.64 Å². The maximum Gasteiger partial charge on any atom is 0.126 e. The molecule has 1 aliphatic rings. The minimum absolute atomic E-state index is 0.292. The van der Waals surface area contributed by atoms with E-state index in [9.17, 15) is 0 Å². The summed E-state index contributed by atoms with van der Waals surface area (Å²) >= 11 is 0. The number of rotatable bonds is 4. The predicted octanol–water partition coefficient (Wildman–Crippen LogP) is 2.11. The molecule has 0 saturated carbocycles. The van der Waals surface area contributed by atoms with Crippen LogP contribution in [0.15, 0.2) is 60.7 Å². The lowest BCUT2D eigenvalue weighted by molar-refractivity contribution is -0.862. The van der Waals surface area contributed by atoms with Gasteiger partial charge in [-0.25, -0.2) is 0 Å². The van der Waals surface area contributed by atoms with Crippen LogP contribution in [0.25, 0.3) is 0 Å². The molecule has 0 unspecified atom stereocenters. The van der Waals surface area contributed by atoms with E-state index in [1.54, 1.807) is 0 Å². The van der Waals surface area contributed by atoms with Gasteiger partial charge in [0.25, 0.3) is 0 Å². The topological polar surface area (TPSA) is 13.7 Å². The first-order valence-corrected chi connectivity index (χ1v) is 7.77. The molecule has 0 aliphatic carbocycles. The summed E-state index contributed by atoms with van der Waals surface area (Å²) in [6, 6.07) is 21.4. The summed E-state index contributed by atoms with van der Waals surface area (Å²) in [6.45, 7) is 1.95. The summed E-state index contributed by atoms with van der Waals surface area (Å²) in [5.74, 6) is 0.507. The Morgan fingerprint density at radius 1 is 0.952 bits per heavy atom. The molecule has 1 fully saturated rings. The van der Waals surface area contributed by atoms with Crippen LogP contribution in [0.5, 0.6) is 0 Å². The lowest BCUT2D eigenvalue weighted by Crippen LogP contribution is -3.06. The highest BCUT2D eigenvalue weighted by molar-refractivity contribution is 5.38. The molecule has 0 spiro atoms. The summed E-state index contributed by atoms with van der Waals surface area (Å²) in [5, 5.41) is 0. The van der Waals surface area contributed by atoms with E-state index in [2.05, 4.69) is 74.8 Å². The van der Waals surface area contributed by atoms with E-state index in [1.165, 1.54) is 16.0 Å². The molecule has 2 aromatic carbocycles. The molecule has 3 rings (SSSR count). The molecule has 2 nitrogen and oxygen atoms in total. The molecule has 1 aliphatic heterocycles. The summed E-state index contributed by atoms with van der Waals surface area (Å²) in [5.41, 5.74) is 2.26. The van der Waals surface area contributed by atoms with Crippen LogP contribution in [-0.2, 0) is 10.3 Å². The second-order valence-electron chi connectivity index (χ2n) is 6.21. The summed E-state index contributed by atoms with van der Waals surface area (Å²) < 4.78 is 6.41. The third-order valence-corrected chi connectivity index (χ3v) is 4.43. The highest BCUT2D eigenvalue weighted by Gasteiger charge is 2.48. The van der Waals surface area contributed by atoms with Crippen molar-refractivity contribution in [2.75, 3.05) is 27.2 Å². The molecule has 2 aromatic rings. The standard InChI is InChI=1S/C19H23NO/c1-20(2)15-18-13-14-21-19(18,16-9-5-3-6-10-16)17-11-7-4-8-12-17/h3-12,18H,13-15H2,1-2H3/p+1/t18-/m0/s1. The van der Waals surface area contributed by atoms with Crippen molar-refractivity contribution in [3.8, 4) is 0 Å². The predicted molar refractivity (Wildman–Crippen MR) is 85.4 cm³/mol. The Labute approximate surface area is 127 Å². The zero-order valence-electron chi connectivity index (χ0n) is 12.9. The summed E-state index contributed by atoms with van der Waals surface area (Å²) in [4.78, 5) is 1.47. The van der Waals surface area contributed by atoms with Gasteiger partial charge in [0.2, 0.25) is 0 Å². The number of hydrogen-bond acceptors (Lipinski definition) is 1. The maximum atomic E-state index is 6.41. The second kappa shape index (κ2) is 6.00. The first kappa shape index (κ1) is 14.3. The van der Waals surface area contributed by atoms with Crippen molar-refractivity contribution in [2.45, 2.75) is 12.0 Å². The average molecular weight is 282 g/mol. The van der Waals surface area contributed by atoms with Crippen molar-refractivity contribution in [3.05, 3.63) is 71.8 Å². The monoisotopic (exact) mass is 282 g/mol. The van der Waals surface area contributed by atoms with Gasteiger partial charge in [0.15, 0.2) is 0 Å². The smallest absolute Gasteiger partial charge is 0.126 e. The van der Waals surface area contributed by atoms with Crippen LogP contribution in [0.1, 0.15) is 17.5 Å². The van der Waals surface area contributed by atoms with E-state index < -0.39 is 0 Å². The van der Waals surface area contributed by atoms with E-state index in [0.717, 1.165) is 19.6 Å². The van der Waals surface area contributed by atoms with E-state index in [-0.39, 0.29) is 5.60 Å². The van der Waals surface area contributed by atoms with Gasteiger partial charge in [-0.1, -0.05) is 60.7 Å². The molecule has 1 N–H and O–H groups in total. The summed E-state index contributed by atoms with van der Waals surface area (Å²) in [7, 11) is 4.44. The fourth-order valence-corrected chi connectivity index (χ4v) is 3.60. The van der Waals surface area contributed by atoms with E-state index >= 15 is 0 Å². The highest BCUT2D eigenvalue weighted by atomic mass is 16.5. The zero-order valence-corrected chi connectivity index (χ0v) is 12.9. The first-order chi connectivity index (χ1) is 10.2. The van der Waals surface area contributed by atoms with Crippen molar-refractivity contribution in [1.82, 2.24) is 0 Å². The Morgan fingerprint density at radius 3 is 1.95 bits per heavy atom. The number of nitrogens with one attached hydrogen (secondary N) is 1. The Balaban J connectivity index is 2.11. The Hall–Kier alpha value is -1.64. The van der Waals surface area contributed by atoms with Crippen molar-refractivity contribution in [3.63, 3.8) is 0 Å². The van der Waals surface area contributed by atoms with Gasteiger partial charge in [0, 0.05) is 12.5 Å². The molecule has 0 bridgehead atoms. The number of hydrogen-bond donors (Lipinski definition) is 1. The van der Waals surface area contributed by atoms with Crippen LogP contribution in [0.2, 0.25) is 0 Å². The fraction of sp³-hybridized carbons (Fsp3) is 0.368. The molecule has 0 aromatic heterocycles. The van der Waals surface area contributed by atoms with Gasteiger partial charge in [-0.15, -0.1) is 0 Å². The number of benzene rings is 2. The molecule has 21 heavy (non-hydrogen) atoms. The SMILES string of the molecule is C[NH+](C)C[C@@H]1CCOC1(c1ccccc1)c1ccccc1. The van der Waals surface area contributed by atoms with Gasteiger partial charge >= 0.3 is 0 Å². The van der Waals surface area contributed by atoms with Gasteiger partial charge in [0.1, 0.15) is 5.60 Å². The van der Waals surface area contributed by atoms with Crippen LogP contribution in [-0.4, -0.2) is 27.2 Å². The Morgan fingerprint density at radius 2 is 1.48 bits per heavy atom. The lowest BCUT2D eigenvalue weighted by atomic mass is 9.76. The molecule has 0 radical (unpaired) electrons. The molecular formula is C19H24NO+. The second-order valence-corrected chi connectivity index (χ2v) is 6.21. The Bertz CT molecular complexity index is 525. The van der Waals surface area contributed by atoms with Gasteiger partial charge < -0.3 is 9.64 Å². The molecule has 0 amide bonds. The lowest BCUT2D eigenvalue weighted by Gasteiger charge is -2.35. The molecule has 110 valence electrons. The first-order valence-electron chi connectivity index (χ1n) is 7.77. The van der Waals surface area contributed by atoms with Gasteiger partial charge in [-0.3, -0.25) is 0 Å². The van der Waals surface area contributed by atoms with Crippen LogP contribution in [0.4, 0.5) is 0 Å². The minimum atomic E-state index is -0.292. The molecular weight excluding hydrogens is 258 g/mol. The minimum Gasteiger partial charge on any atom is -0.365 e. The molecule has 2 heteroatoms. The fourth-order valence-electron chi connectivity index (χ4n) is 3.60. The van der Waals surface area contributed by atoms with Crippen molar-refractivity contribution in [2.24, 2.45) is 5.92 Å². The van der Waals surface area contributed by atoms with E-state index in [4.69, 9.17) is 4.74 Å².